The number of nitrogens with two attached hydrogens (primary N) is 1. The molecule has 4 aromatic rings. The number of carbonyl (C=O) groups is 2. The average molecular weight is 1120 g/mol. The Morgan fingerprint density at radius 1 is 0.662 bits per heavy atom. The second kappa shape index (κ2) is 27.8. The highest BCUT2D eigenvalue weighted by molar-refractivity contribution is 9.10. The van der Waals surface area contributed by atoms with E-state index in [0.29, 0.717) is 34.5 Å². The maximum atomic E-state index is 12.4. The number of nitrogens with one attached hydrogen (secondary N) is 3. The molecule has 0 spiro atoms. The zero-order valence-corrected chi connectivity index (χ0v) is 48.3. The van der Waals surface area contributed by atoms with Gasteiger partial charge in [-0.25, -0.2) is 9.97 Å². The van der Waals surface area contributed by atoms with Crippen molar-refractivity contribution in [3.05, 3.63) is 55.6 Å². The molecule has 2 aromatic carbocycles. The lowest BCUT2D eigenvalue weighted by atomic mass is 10.1. The Morgan fingerprint density at radius 2 is 1.09 bits per heavy atom. The fourth-order valence-electron chi connectivity index (χ4n) is 5.74. The van der Waals surface area contributed by atoms with Crippen LogP contribution in [0.15, 0.2) is 45.3 Å². The van der Waals surface area contributed by atoms with Gasteiger partial charge in [-0.3, -0.25) is 9.59 Å². The summed E-state index contributed by atoms with van der Waals surface area (Å²) in [6.07, 6.45) is 8.69. The first-order valence-corrected chi connectivity index (χ1v) is 31.4. The third-order valence-corrected chi connectivity index (χ3v) is 22.7. The Kier molecular flexibility index (Phi) is 25.3. The molecule has 65 heavy (non-hydrogen) atoms. The summed E-state index contributed by atoms with van der Waals surface area (Å²) in [6, 6.07) is 11.8. The van der Waals surface area contributed by atoms with Gasteiger partial charge in [0.25, 0.3) is 0 Å². The number of pyridine rings is 2. The van der Waals surface area contributed by atoms with Crippen molar-refractivity contribution in [1.82, 2.24) is 9.97 Å². The molecule has 0 fully saturated rings. The molecular weight excluding hydrogens is 1050 g/mol. The molecule has 5 N–H and O–H groups in total. The van der Waals surface area contributed by atoms with E-state index in [4.69, 9.17) is 49.4 Å². The summed E-state index contributed by atoms with van der Waals surface area (Å²) in [7, 11) is -3.38. The molecule has 17 heteroatoms. The second-order valence-electron chi connectivity index (χ2n) is 19.3. The van der Waals surface area contributed by atoms with E-state index in [1.807, 2.05) is 43.3 Å². The lowest BCUT2D eigenvalue weighted by Gasteiger charge is -2.36. The molecule has 0 atom stereocenters. The number of anilines is 4. The van der Waals surface area contributed by atoms with Gasteiger partial charge in [0.2, 0.25) is 11.1 Å². The summed E-state index contributed by atoms with van der Waals surface area (Å²) in [6.45, 7) is 29.9. The van der Waals surface area contributed by atoms with Gasteiger partial charge in [-0.15, -0.1) is 0 Å². The van der Waals surface area contributed by atoms with E-state index in [9.17, 15) is 9.59 Å². The van der Waals surface area contributed by atoms with Crippen LogP contribution in [0, 0.1) is 0 Å². The van der Waals surface area contributed by atoms with E-state index >= 15 is 0 Å². The molecule has 0 unspecified atom stereocenters. The van der Waals surface area contributed by atoms with E-state index in [-0.39, 0.29) is 21.2 Å². The predicted molar refractivity (Wildman–Crippen MR) is 294 cm³/mol. The van der Waals surface area contributed by atoms with Crippen LogP contribution in [0.25, 0.3) is 21.8 Å². The summed E-state index contributed by atoms with van der Waals surface area (Å²) in [4.78, 5) is 31.2. The Bertz CT molecular complexity index is 2150. The van der Waals surface area contributed by atoms with Gasteiger partial charge in [-0.1, -0.05) is 123 Å². The van der Waals surface area contributed by atoms with Gasteiger partial charge in [0.15, 0.2) is 26.9 Å². The molecule has 0 aliphatic heterocycles. The predicted octanol–water partition coefficient (Wildman–Crippen LogP) is 16.4. The van der Waals surface area contributed by atoms with Crippen LogP contribution >= 0.6 is 66.7 Å². The van der Waals surface area contributed by atoms with Gasteiger partial charge in [-0.2, -0.15) is 0 Å². The van der Waals surface area contributed by atoms with Crippen LogP contribution in [0.2, 0.25) is 46.6 Å². The van der Waals surface area contributed by atoms with E-state index in [1.54, 1.807) is 0 Å². The number of carbonyl (C=O) groups excluding carboxylic acids is 2. The number of unbranched alkanes of at least 4 members (excludes halogenated alkanes) is 4. The normalized spacial score (nSPS) is 12.0. The maximum absolute atomic E-state index is 12.4. The zero-order chi connectivity index (χ0) is 49.2. The molecular formula is C48H75Br2Cl3N6O4Si2. The number of fused-ring (bicyclic) bond motifs is 2. The van der Waals surface area contributed by atoms with Crippen molar-refractivity contribution in [3.8, 4) is 0 Å². The Balaban J connectivity index is 0.000000395. The van der Waals surface area contributed by atoms with Crippen LogP contribution in [0.4, 0.5) is 22.7 Å². The summed E-state index contributed by atoms with van der Waals surface area (Å²) in [5, 5.41) is 12.7. The van der Waals surface area contributed by atoms with Crippen molar-refractivity contribution >= 4 is 139 Å². The molecule has 0 saturated heterocycles. The van der Waals surface area contributed by atoms with Gasteiger partial charge >= 0.3 is 0 Å². The van der Waals surface area contributed by atoms with Crippen LogP contribution in [-0.4, -0.2) is 64.1 Å². The summed E-state index contributed by atoms with van der Waals surface area (Å²) >= 11 is 24.7. The fourth-order valence-corrected chi connectivity index (χ4v) is 9.19. The minimum absolute atomic E-state index is 0.0456. The highest BCUT2D eigenvalue weighted by Gasteiger charge is 2.37. The van der Waals surface area contributed by atoms with E-state index in [0.717, 1.165) is 120 Å². The van der Waals surface area contributed by atoms with Gasteiger partial charge in [0.1, 0.15) is 5.69 Å². The second-order valence-corrected chi connectivity index (χ2v) is 31.9. The molecule has 2 heterocycles. The highest BCUT2D eigenvalue weighted by atomic mass is 79.9. The third kappa shape index (κ3) is 19.9. The first-order chi connectivity index (χ1) is 30.3. The quantitative estimate of drug-likeness (QED) is 0.0278. The number of rotatable bonds is 21. The minimum Gasteiger partial charge on any atom is -0.417 e. The van der Waals surface area contributed by atoms with Gasteiger partial charge < -0.3 is 30.5 Å². The van der Waals surface area contributed by atoms with Gasteiger partial charge in [0.05, 0.1) is 28.1 Å². The number of nitrogen functional groups attached to an aromatic ring is 1. The lowest BCUT2D eigenvalue weighted by Crippen LogP contribution is -2.41. The monoisotopic (exact) mass is 1120 g/mol. The topological polar surface area (TPSA) is 140 Å². The van der Waals surface area contributed by atoms with Crippen LogP contribution in [0.1, 0.15) is 120 Å². The number of hydrogen-bond acceptors (Lipinski definition) is 9. The molecule has 0 aliphatic carbocycles. The molecule has 2 aromatic heterocycles. The molecule has 364 valence electrons. The van der Waals surface area contributed by atoms with E-state index < -0.39 is 16.6 Å². The summed E-state index contributed by atoms with van der Waals surface area (Å²) in [5.74, 6) is -0.0456. The lowest BCUT2D eigenvalue weighted by molar-refractivity contribution is -0.116. The smallest absolute Gasteiger partial charge is 0.224 e. The molecule has 1 amide bonds. The zero-order valence-electron chi connectivity index (χ0n) is 40.9. The van der Waals surface area contributed by atoms with Crippen LogP contribution in [-0.2, 0) is 18.4 Å². The molecule has 4 rings (SSSR count). The van der Waals surface area contributed by atoms with Crippen molar-refractivity contribution in [2.24, 2.45) is 0 Å². The summed E-state index contributed by atoms with van der Waals surface area (Å²) in [5.41, 5.74) is 10.5. The number of amides is 1. The molecule has 0 bridgehead atoms. The molecule has 0 saturated carbocycles. The van der Waals surface area contributed by atoms with Crippen LogP contribution in [0.3, 0.4) is 0 Å². The van der Waals surface area contributed by atoms with Crippen molar-refractivity contribution < 1.29 is 18.4 Å². The Labute approximate surface area is 423 Å². The van der Waals surface area contributed by atoms with E-state index in [2.05, 4.69) is 132 Å². The first-order valence-electron chi connectivity index (χ1n) is 22.8. The molecule has 0 radical (unpaired) electrons. The van der Waals surface area contributed by atoms with Crippen molar-refractivity contribution in [3.63, 3.8) is 0 Å². The summed E-state index contributed by atoms with van der Waals surface area (Å²) < 4.78 is 14.4. The minimum atomic E-state index is -1.72. The number of hydrogen-bond donors (Lipinski definition) is 4. The molecule has 10 nitrogen and oxygen atoms in total. The van der Waals surface area contributed by atoms with Gasteiger partial charge in [-0.05, 0) is 123 Å². The van der Waals surface area contributed by atoms with Gasteiger partial charge in [0, 0.05) is 58.9 Å². The van der Waals surface area contributed by atoms with Crippen molar-refractivity contribution in [2.75, 3.05) is 48.0 Å². The Morgan fingerprint density at radius 3 is 1.52 bits per heavy atom. The first kappa shape index (κ1) is 59.1. The van der Waals surface area contributed by atoms with Crippen LogP contribution < -0.4 is 21.7 Å². The van der Waals surface area contributed by atoms with Crippen molar-refractivity contribution in [2.45, 2.75) is 156 Å². The third-order valence-electron chi connectivity index (χ3n) is 11.9. The van der Waals surface area contributed by atoms with Crippen molar-refractivity contribution in [1.29, 1.82) is 0 Å². The SMILES string of the molecule is CC(C)(C)[Si](C)(C)OCCCCNc1c(N)c(Cl)nc2ccc(Br)cc12.CCCCC(=O)Cl.CCCCC(=O)Nc1c(Cl)nc2ccc(Br)cc2c1NCCCCO[Si](C)(C)C(C)(C)C. The molecule has 0 aliphatic rings. The average Bonchev–Trinajstić information content (AvgIpc) is 3.21. The number of nitrogens with zero attached hydrogens (tertiary/aromatic N) is 2. The highest BCUT2D eigenvalue weighted by Crippen LogP contribution is 2.40. The van der Waals surface area contributed by atoms with Crippen LogP contribution in [0.5, 0.6) is 0 Å². The standard InChI is InChI=1S/C24H37BrClN3O2Si.C19H29BrClN3OSi.C5H9ClO/c1-7-8-11-20(30)29-22-21(18-16-17(25)12-13-19(18)28-23(22)26)27-14-9-10-15-31-32(5,6)24(2,3)4;1-19(2,3)26(4,5)25-11-7-6-10-23-17-14-12-13(20)8-9-15(14)24-18(21)16(17)22;1-2-3-4-5(6)7/h12-13,16H,7-11,14-15H2,1-6H3,(H,27,28)(H,29,30);8-9,12H,6-7,10-11,22H2,1-5H3,(H,23,24);2-4H2,1H3. The number of benzene rings is 2. The largest absolute Gasteiger partial charge is 0.417 e. The number of aromatic nitrogens is 2. The maximum Gasteiger partial charge on any atom is 0.224 e. The number of halogens is 5. The van der Waals surface area contributed by atoms with E-state index in [1.165, 1.54) is 0 Å². The fraction of sp³-hybridized carbons (Fsp3) is 0.583. The Hall–Kier alpha value is -2.02.